The molecule has 1 aliphatic heterocycles. The molecule has 0 amide bonds. The normalized spacial score (nSPS) is 25.2. The maximum atomic E-state index is 12.8. The van der Waals surface area contributed by atoms with Gasteiger partial charge in [0.15, 0.2) is 0 Å². The first kappa shape index (κ1) is 21.3. The van der Waals surface area contributed by atoms with E-state index in [-0.39, 0.29) is 19.4 Å². The van der Waals surface area contributed by atoms with E-state index in [9.17, 15) is 22.8 Å². The van der Waals surface area contributed by atoms with Gasteiger partial charge < -0.3 is 9.47 Å². The lowest BCUT2D eigenvalue weighted by molar-refractivity contribution is -0.159. The second-order valence-electron chi connectivity index (χ2n) is 8.43. The van der Waals surface area contributed by atoms with Gasteiger partial charge in [-0.3, -0.25) is 14.6 Å². The number of carbonyl (C=O) groups is 2. The summed E-state index contributed by atoms with van der Waals surface area (Å²) in [6.07, 6.45) is -0.987. The number of ether oxygens (including phenoxy) is 2. The van der Waals surface area contributed by atoms with Crippen LogP contribution in [0.3, 0.4) is 0 Å². The van der Waals surface area contributed by atoms with Crippen molar-refractivity contribution in [1.82, 2.24) is 4.98 Å². The maximum Gasteiger partial charge on any atom is 0.433 e. The van der Waals surface area contributed by atoms with Gasteiger partial charge in [-0.25, -0.2) is 0 Å². The Morgan fingerprint density at radius 3 is 2.55 bits per heavy atom. The molecule has 4 rings (SSSR count). The maximum absolute atomic E-state index is 12.8. The average Bonchev–Trinajstić information content (AvgIpc) is 2.91. The van der Waals surface area contributed by atoms with Crippen molar-refractivity contribution in [3.8, 4) is 0 Å². The molecular formula is C23H22F3NO4. The van der Waals surface area contributed by atoms with E-state index >= 15 is 0 Å². The van der Waals surface area contributed by atoms with E-state index in [2.05, 4.69) is 4.98 Å². The Morgan fingerprint density at radius 2 is 1.87 bits per heavy atom. The van der Waals surface area contributed by atoms with Gasteiger partial charge in [-0.2, -0.15) is 13.2 Å². The van der Waals surface area contributed by atoms with Crippen molar-refractivity contribution in [1.29, 1.82) is 0 Å². The van der Waals surface area contributed by atoms with Gasteiger partial charge in [0.05, 0.1) is 11.8 Å². The van der Waals surface area contributed by atoms with Crippen molar-refractivity contribution in [3.63, 3.8) is 0 Å². The first-order valence-corrected chi connectivity index (χ1v) is 10.2. The first-order chi connectivity index (χ1) is 14.7. The van der Waals surface area contributed by atoms with Gasteiger partial charge in [0.25, 0.3) is 0 Å². The second kappa shape index (κ2) is 7.98. The standard InChI is InChI=1S/C23H22F3NO4/c24-23(25,26)18-8-7-17(13-27-18)11-21-9-4-10-22(15-21,31-20(21)29)12-19(28)30-14-16-5-2-1-3-6-16/h1-3,5-8,13H,4,9-12,14-15H2/t21-,22?/m0/s1. The topological polar surface area (TPSA) is 65.5 Å². The number of halogens is 3. The molecule has 0 radical (unpaired) electrons. The van der Waals surface area contributed by atoms with Crippen LogP contribution in [0.5, 0.6) is 0 Å². The summed E-state index contributed by atoms with van der Waals surface area (Å²) < 4.78 is 49.3. The fourth-order valence-corrected chi connectivity index (χ4v) is 4.66. The zero-order valence-corrected chi connectivity index (χ0v) is 16.8. The van der Waals surface area contributed by atoms with E-state index in [4.69, 9.17) is 9.47 Å². The van der Waals surface area contributed by atoms with E-state index in [0.717, 1.165) is 17.8 Å². The fraction of sp³-hybridized carbons (Fsp3) is 0.435. The molecule has 1 saturated carbocycles. The predicted molar refractivity (Wildman–Crippen MR) is 104 cm³/mol. The van der Waals surface area contributed by atoms with Crippen LogP contribution in [0.2, 0.25) is 0 Å². The molecule has 2 bridgehead atoms. The number of pyridine rings is 1. The molecule has 1 aromatic carbocycles. The van der Waals surface area contributed by atoms with Crippen LogP contribution in [0.4, 0.5) is 13.2 Å². The monoisotopic (exact) mass is 433 g/mol. The van der Waals surface area contributed by atoms with Crippen LogP contribution in [0, 0.1) is 5.41 Å². The lowest BCUT2D eigenvalue weighted by atomic mass is 9.66. The Morgan fingerprint density at radius 1 is 1.10 bits per heavy atom. The molecule has 1 aliphatic carbocycles. The smallest absolute Gasteiger partial charge is 0.433 e. The Bertz CT molecular complexity index is 961. The number of aromatic nitrogens is 1. The summed E-state index contributed by atoms with van der Waals surface area (Å²) in [6.45, 7) is 0.145. The van der Waals surface area contributed by atoms with E-state index in [1.54, 1.807) is 0 Å². The molecule has 1 aromatic heterocycles. The van der Waals surface area contributed by atoms with Crippen LogP contribution in [-0.4, -0.2) is 22.5 Å². The van der Waals surface area contributed by atoms with Gasteiger partial charge in [0, 0.05) is 12.6 Å². The Labute approximate surface area is 177 Å². The minimum absolute atomic E-state index is 0.0292. The van der Waals surface area contributed by atoms with Crippen LogP contribution in [-0.2, 0) is 38.3 Å². The zero-order valence-electron chi connectivity index (χ0n) is 16.8. The number of benzene rings is 1. The summed E-state index contributed by atoms with van der Waals surface area (Å²) >= 11 is 0. The van der Waals surface area contributed by atoms with Gasteiger partial charge in [-0.05, 0) is 42.9 Å². The van der Waals surface area contributed by atoms with Crippen LogP contribution >= 0.6 is 0 Å². The SMILES string of the molecule is O=C(CC12CCC[C@](Cc3ccc(C(F)(F)F)nc3)(C1)C(=O)O2)OCc1ccccc1. The summed E-state index contributed by atoms with van der Waals surface area (Å²) in [5.74, 6) is -0.841. The van der Waals surface area contributed by atoms with E-state index in [1.165, 1.54) is 6.07 Å². The lowest BCUT2D eigenvalue weighted by Crippen LogP contribution is -2.37. The number of carbonyl (C=O) groups excluding carboxylic acids is 2. The number of alkyl halides is 3. The molecule has 31 heavy (non-hydrogen) atoms. The predicted octanol–water partition coefficient (Wildman–Crippen LogP) is 4.63. The van der Waals surface area contributed by atoms with Crippen LogP contribution in [0.25, 0.3) is 0 Å². The van der Waals surface area contributed by atoms with Crippen molar-refractivity contribution in [3.05, 3.63) is 65.5 Å². The first-order valence-electron chi connectivity index (χ1n) is 10.2. The highest BCUT2D eigenvalue weighted by molar-refractivity contribution is 5.82. The van der Waals surface area contributed by atoms with Gasteiger partial charge in [0.1, 0.15) is 17.9 Å². The van der Waals surface area contributed by atoms with Crippen molar-refractivity contribution < 1.29 is 32.2 Å². The molecule has 2 heterocycles. The third-order valence-corrected chi connectivity index (χ3v) is 6.06. The number of fused-ring (bicyclic) bond motifs is 2. The van der Waals surface area contributed by atoms with Crippen molar-refractivity contribution >= 4 is 11.9 Å². The Kier molecular flexibility index (Phi) is 5.49. The zero-order chi connectivity index (χ0) is 22.1. The molecule has 8 heteroatoms. The average molecular weight is 433 g/mol. The third kappa shape index (κ3) is 4.57. The quantitative estimate of drug-likeness (QED) is 0.622. The molecule has 2 atom stereocenters. The third-order valence-electron chi connectivity index (χ3n) is 6.06. The van der Waals surface area contributed by atoms with Crippen molar-refractivity contribution in [2.45, 2.75) is 56.9 Å². The molecule has 1 unspecified atom stereocenters. The van der Waals surface area contributed by atoms with Crippen molar-refractivity contribution in [2.24, 2.45) is 5.41 Å². The highest BCUT2D eigenvalue weighted by Gasteiger charge is 2.59. The number of rotatable bonds is 6. The summed E-state index contributed by atoms with van der Waals surface area (Å²) in [5, 5.41) is 0. The molecule has 2 aliphatic rings. The number of nitrogens with zero attached hydrogens (tertiary/aromatic N) is 1. The highest BCUT2D eigenvalue weighted by atomic mass is 19.4. The van der Waals surface area contributed by atoms with E-state index < -0.39 is 34.8 Å². The molecular weight excluding hydrogens is 411 g/mol. The number of hydrogen-bond acceptors (Lipinski definition) is 5. The largest absolute Gasteiger partial charge is 0.461 e. The number of esters is 2. The van der Waals surface area contributed by atoms with E-state index in [0.29, 0.717) is 31.2 Å². The van der Waals surface area contributed by atoms with E-state index in [1.807, 2.05) is 30.3 Å². The summed E-state index contributed by atoms with van der Waals surface area (Å²) in [7, 11) is 0. The molecule has 164 valence electrons. The van der Waals surface area contributed by atoms with Crippen molar-refractivity contribution in [2.75, 3.05) is 0 Å². The van der Waals surface area contributed by atoms with Gasteiger partial charge >= 0.3 is 18.1 Å². The lowest BCUT2D eigenvalue weighted by Gasteiger charge is -2.34. The molecule has 0 spiro atoms. The minimum atomic E-state index is -4.51. The summed E-state index contributed by atoms with van der Waals surface area (Å²) in [6, 6.07) is 11.5. The summed E-state index contributed by atoms with van der Waals surface area (Å²) in [5.41, 5.74) is -1.33. The van der Waals surface area contributed by atoms with Gasteiger partial charge in [0.2, 0.25) is 0 Å². The molecule has 2 aromatic rings. The molecule has 2 fully saturated rings. The second-order valence-corrected chi connectivity index (χ2v) is 8.43. The van der Waals surface area contributed by atoms with Crippen LogP contribution in [0.1, 0.15) is 48.9 Å². The Balaban J connectivity index is 1.42. The van der Waals surface area contributed by atoms with Crippen LogP contribution < -0.4 is 0 Å². The molecule has 1 saturated heterocycles. The Hall–Kier alpha value is -2.90. The molecule has 0 N–H and O–H groups in total. The number of hydrogen-bond donors (Lipinski definition) is 0. The fourth-order valence-electron chi connectivity index (χ4n) is 4.66. The molecule has 5 nitrogen and oxygen atoms in total. The van der Waals surface area contributed by atoms with Gasteiger partial charge in [-0.15, -0.1) is 0 Å². The van der Waals surface area contributed by atoms with Crippen LogP contribution in [0.15, 0.2) is 48.7 Å². The van der Waals surface area contributed by atoms with Gasteiger partial charge in [-0.1, -0.05) is 36.4 Å². The highest BCUT2D eigenvalue weighted by Crippen LogP contribution is 2.54. The summed E-state index contributed by atoms with van der Waals surface area (Å²) in [4.78, 5) is 28.7. The minimum Gasteiger partial charge on any atom is -0.461 e.